The van der Waals surface area contributed by atoms with E-state index in [1.54, 1.807) is 0 Å². The Balaban J connectivity index is 2.11. The van der Waals surface area contributed by atoms with E-state index in [9.17, 15) is 0 Å². The Labute approximate surface area is 101 Å². The average Bonchev–Trinajstić information content (AvgIpc) is 2.19. The SMILES string of the molecule is CC(C)NCCCCN1CCOCC1(C)C. The fraction of sp³-hybridized carbons (Fsp3) is 1.00. The van der Waals surface area contributed by atoms with Crippen molar-refractivity contribution in [2.75, 3.05) is 32.8 Å². The van der Waals surface area contributed by atoms with Gasteiger partial charge < -0.3 is 10.1 Å². The first-order valence-electron chi connectivity index (χ1n) is 6.58. The minimum absolute atomic E-state index is 0.226. The molecule has 0 amide bonds. The Hall–Kier alpha value is -0.120. The summed E-state index contributed by atoms with van der Waals surface area (Å²) in [5, 5.41) is 3.46. The summed E-state index contributed by atoms with van der Waals surface area (Å²) >= 11 is 0. The van der Waals surface area contributed by atoms with E-state index in [0.717, 1.165) is 26.3 Å². The minimum Gasteiger partial charge on any atom is -0.378 e. The standard InChI is InChI=1S/C13H28N2O/c1-12(2)14-7-5-6-8-15-9-10-16-11-13(15,3)4/h12,14H,5-11H2,1-4H3. The highest BCUT2D eigenvalue weighted by molar-refractivity contribution is 4.84. The lowest BCUT2D eigenvalue weighted by molar-refractivity contribution is -0.0512. The fourth-order valence-electron chi connectivity index (χ4n) is 2.12. The molecule has 16 heavy (non-hydrogen) atoms. The molecule has 0 saturated carbocycles. The van der Waals surface area contributed by atoms with Gasteiger partial charge in [0.1, 0.15) is 0 Å². The zero-order valence-corrected chi connectivity index (χ0v) is 11.4. The second-order valence-electron chi connectivity index (χ2n) is 5.67. The molecule has 96 valence electrons. The van der Waals surface area contributed by atoms with Gasteiger partial charge in [-0.2, -0.15) is 0 Å². The van der Waals surface area contributed by atoms with Crippen LogP contribution in [0.15, 0.2) is 0 Å². The first-order valence-corrected chi connectivity index (χ1v) is 6.58. The van der Waals surface area contributed by atoms with Crippen molar-refractivity contribution in [1.29, 1.82) is 0 Å². The molecule has 1 aliphatic rings. The van der Waals surface area contributed by atoms with Crippen LogP contribution in [0.5, 0.6) is 0 Å². The topological polar surface area (TPSA) is 24.5 Å². The van der Waals surface area contributed by atoms with Gasteiger partial charge in [0.25, 0.3) is 0 Å². The molecule has 1 saturated heterocycles. The van der Waals surface area contributed by atoms with Crippen LogP contribution in [0, 0.1) is 0 Å². The second kappa shape index (κ2) is 6.58. The first-order chi connectivity index (χ1) is 7.52. The summed E-state index contributed by atoms with van der Waals surface area (Å²) in [7, 11) is 0. The number of hydrogen-bond acceptors (Lipinski definition) is 3. The Morgan fingerprint density at radius 2 is 2.06 bits per heavy atom. The molecule has 0 unspecified atom stereocenters. The van der Waals surface area contributed by atoms with Gasteiger partial charge in [0.2, 0.25) is 0 Å². The highest BCUT2D eigenvalue weighted by Gasteiger charge is 2.29. The van der Waals surface area contributed by atoms with Crippen LogP contribution in [-0.2, 0) is 4.74 Å². The molecule has 0 aromatic carbocycles. The van der Waals surface area contributed by atoms with E-state index >= 15 is 0 Å². The van der Waals surface area contributed by atoms with Gasteiger partial charge in [-0.3, -0.25) is 4.90 Å². The Morgan fingerprint density at radius 1 is 1.31 bits per heavy atom. The minimum atomic E-state index is 0.226. The van der Waals surface area contributed by atoms with Crippen LogP contribution in [0.1, 0.15) is 40.5 Å². The molecule has 3 heteroatoms. The molecule has 1 aliphatic heterocycles. The lowest BCUT2D eigenvalue weighted by Crippen LogP contribution is -2.53. The van der Waals surface area contributed by atoms with Crippen molar-refractivity contribution in [3.63, 3.8) is 0 Å². The van der Waals surface area contributed by atoms with Crippen LogP contribution in [0.3, 0.4) is 0 Å². The molecule has 0 bridgehead atoms. The van der Waals surface area contributed by atoms with Crippen molar-refractivity contribution in [3.05, 3.63) is 0 Å². The van der Waals surface area contributed by atoms with Gasteiger partial charge in [-0.15, -0.1) is 0 Å². The van der Waals surface area contributed by atoms with Crippen molar-refractivity contribution in [1.82, 2.24) is 10.2 Å². The number of nitrogens with zero attached hydrogens (tertiary/aromatic N) is 1. The Kier molecular flexibility index (Phi) is 5.73. The van der Waals surface area contributed by atoms with Crippen LogP contribution in [-0.4, -0.2) is 49.3 Å². The van der Waals surface area contributed by atoms with Crippen LogP contribution < -0.4 is 5.32 Å². The van der Waals surface area contributed by atoms with Gasteiger partial charge in [-0.1, -0.05) is 13.8 Å². The van der Waals surface area contributed by atoms with E-state index < -0.39 is 0 Å². The third-order valence-electron chi connectivity index (χ3n) is 3.22. The van der Waals surface area contributed by atoms with Crippen molar-refractivity contribution < 1.29 is 4.74 Å². The molecule has 1 N–H and O–H groups in total. The normalized spacial score (nSPS) is 21.6. The van der Waals surface area contributed by atoms with Crippen LogP contribution >= 0.6 is 0 Å². The smallest absolute Gasteiger partial charge is 0.0645 e. The fourth-order valence-corrected chi connectivity index (χ4v) is 2.12. The van der Waals surface area contributed by atoms with E-state index in [1.807, 2.05) is 0 Å². The van der Waals surface area contributed by atoms with E-state index in [4.69, 9.17) is 4.74 Å². The Bertz CT molecular complexity index is 192. The molecule has 0 spiro atoms. The second-order valence-corrected chi connectivity index (χ2v) is 5.67. The number of nitrogens with one attached hydrogen (secondary N) is 1. The maximum Gasteiger partial charge on any atom is 0.0645 e. The summed E-state index contributed by atoms with van der Waals surface area (Å²) in [6.45, 7) is 14.2. The first kappa shape index (κ1) is 13.9. The van der Waals surface area contributed by atoms with Crippen molar-refractivity contribution >= 4 is 0 Å². The number of morpholine rings is 1. The number of hydrogen-bond donors (Lipinski definition) is 1. The highest BCUT2D eigenvalue weighted by atomic mass is 16.5. The third-order valence-corrected chi connectivity index (χ3v) is 3.22. The molecular weight excluding hydrogens is 200 g/mol. The predicted molar refractivity (Wildman–Crippen MR) is 68.8 cm³/mol. The maximum atomic E-state index is 5.52. The Morgan fingerprint density at radius 3 is 2.69 bits per heavy atom. The molecule has 0 aromatic rings. The van der Waals surface area contributed by atoms with Gasteiger partial charge in [0, 0.05) is 18.1 Å². The van der Waals surface area contributed by atoms with Gasteiger partial charge in [0.15, 0.2) is 0 Å². The summed E-state index contributed by atoms with van der Waals surface area (Å²) < 4.78 is 5.52. The number of unbranched alkanes of at least 4 members (excludes halogenated alkanes) is 1. The van der Waals surface area contributed by atoms with Gasteiger partial charge in [-0.05, 0) is 39.8 Å². The summed E-state index contributed by atoms with van der Waals surface area (Å²) in [5.41, 5.74) is 0.226. The predicted octanol–water partition coefficient (Wildman–Crippen LogP) is 1.88. The molecule has 0 aromatic heterocycles. The zero-order valence-electron chi connectivity index (χ0n) is 11.4. The van der Waals surface area contributed by atoms with Gasteiger partial charge >= 0.3 is 0 Å². The zero-order chi connectivity index (χ0) is 12.0. The van der Waals surface area contributed by atoms with Gasteiger partial charge in [-0.25, -0.2) is 0 Å². The average molecular weight is 228 g/mol. The quantitative estimate of drug-likeness (QED) is 0.703. The highest BCUT2D eigenvalue weighted by Crippen LogP contribution is 2.19. The molecular formula is C13H28N2O. The maximum absolute atomic E-state index is 5.52. The van der Waals surface area contributed by atoms with Crippen molar-refractivity contribution in [2.24, 2.45) is 0 Å². The van der Waals surface area contributed by atoms with Crippen LogP contribution in [0.4, 0.5) is 0 Å². The van der Waals surface area contributed by atoms with Crippen molar-refractivity contribution in [2.45, 2.75) is 52.1 Å². The van der Waals surface area contributed by atoms with E-state index in [2.05, 4.69) is 37.9 Å². The monoisotopic (exact) mass is 228 g/mol. The molecule has 1 fully saturated rings. The lowest BCUT2D eigenvalue weighted by atomic mass is 10.0. The molecule has 0 atom stereocenters. The number of ether oxygens (including phenoxy) is 1. The summed E-state index contributed by atoms with van der Waals surface area (Å²) in [6, 6.07) is 0.611. The number of rotatable bonds is 6. The summed E-state index contributed by atoms with van der Waals surface area (Å²) in [6.07, 6.45) is 2.55. The van der Waals surface area contributed by atoms with E-state index in [-0.39, 0.29) is 5.54 Å². The lowest BCUT2D eigenvalue weighted by Gasteiger charge is -2.42. The molecule has 0 aliphatic carbocycles. The van der Waals surface area contributed by atoms with Gasteiger partial charge in [0.05, 0.1) is 13.2 Å². The largest absolute Gasteiger partial charge is 0.378 e. The van der Waals surface area contributed by atoms with Crippen LogP contribution in [0.25, 0.3) is 0 Å². The third kappa shape index (κ3) is 4.81. The summed E-state index contributed by atoms with van der Waals surface area (Å²) in [5.74, 6) is 0. The van der Waals surface area contributed by atoms with Crippen molar-refractivity contribution in [3.8, 4) is 0 Å². The molecule has 0 radical (unpaired) electrons. The van der Waals surface area contributed by atoms with E-state index in [1.165, 1.54) is 19.4 Å². The molecule has 3 nitrogen and oxygen atoms in total. The van der Waals surface area contributed by atoms with Crippen LogP contribution in [0.2, 0.25) is 0 Å². The molecule has 1 heterocycles. The molecule has 1 rings (SSSR count). The van der Waals surface area contributed by atoms with E-state index in [0.29, 0.717) is 6.04 Å². The summed E-state index contributed by atoms with van der Waals surface area (Å²) in [4.78, 5) is 2.56.